The minimum atomic E-state index is -0.918. The largest absolute Gasteiger partial charge is 0.478 e. The molecule has 2 aromatic rings. The summed E-state index contributed by atoms with van der Waals surface area (Å²) in [6, 6.07) is 7.67. The van der Waals surface area contributed by atoms with Crippen molar-refractivity contribution in [1.29, 1.82) is 0 Å². The normalized spacial score (nSPS) is 10.7. The predicted octanol–water partition coefficient (Wildman–Crippen LogP) is 5.05. The lowest BCUT2D eigenvalue weighted by Crippen LogP contribution is -2.00. The predicted molar refractivity (Wildman–Crippen MR) is 85.5 cm³/mol. The molecule has 3 heteroatoms. The molecule has 2 rings (SSSR count). The molecule has 0 aliphatic carbocycles. The third kappa shape index (κ3) is 2.50. The molecular formula is C17H17BrO2. The zero-order chi connectivity index (χ0) is 15.0. The van der Waals surface area contributed by atoms with Crippen LogP contribution in [0.2, 0.25) is 0 Å². The number of hydrogen-bond acceptors (Lipinski definition) is 1. The van der Waals surface area contributed by atoms with Crippen LogP contribution in [-0.2, 0) is 0 Å². The van der Waals surface area contributed by atoms with Crippen molar-refractivity contribution < 1.29 is 9.90 Å². The van der Waals surface area contributed by atoms with E-state index in [0.717, 1.165) is 11.1 Å². The number of carboxylic acid groups (broad SMARTS) is 1. The maximum absolute atomic E-state index is 11.3. The Balaban J connectivity index is 2.75. The lowest BCUT2D eigenvalue weighted by molar-refractivity contribution is 0.0696. The third-order valence-electron chi connectivity index (χ3n) is 3.85. The highest BCUT2D eigenvalue weighted by atomic mass is 79.9. The maximum atomic E-state index is 11.3. The molecule has 0 saturated heterocycles. The minimum absolute atomic E-state index is 0.292. The van der Waals surface area contributed by atoms with Crippen molar-refractivity contribution in [2.75, 3.05) is 0 Å². The molecule has 0 spiro atoms. The van der Waals surface area contributed by atoms with Gasteiger partial charge in [0.1, 0.15) is 0 Å². The summed E-state index contributed by atoms with van der Waals surface area (Å²) in [7, 11) is 0. The Morgan fingerprint density at radius 1 is 1.00 bits per heavy atom. The summed E-state index contributed by atoms with van der Waals surface area (Å²) in [5.41, 5.74) is 7.23. The molecule has 1 N–H and O–H groups in total. The van der Waals surface area contributed by atoms with Gasteiger partial charge < -0.3 is 5.11 Å². The second-order valence-electron chi connectivity index (χ2n) is 5.14. The smallest absolute Gasteiger partial charge is 0.336 e. The number of rotatable bonds is 2. The molecule has 0 aliphatic heterocycles. The lowest BCUT2D eigenvalue weighted by Gasteiger charge is -2.16. The summed E-state index contributed by atoms with van der Waals surface area (Å²) < 4.78 is 0.605. The third-order valence-corrected chi connectivity index (χ3v) is 4.54. The van der Waals surface area contributed by atoms with Gasteiger partial charge in [-0.25, -0.2) is 4.79 Å². The van der Waals surface area contributed by atoms with E-state index in [1.165, 1.54) is 22.3 Å². The summed E-state index contributed by atoms with van der Waals surface area (Å²) in [6.45, 7) is 8.34. The highest BCUT2D eigenvalue weighted by Crippen LogP contribution is 2.33. The van der Waals surface area contributed by atoms with Gasteiger partial charge in [-0.15, -0.1) is 0 Å². The van der Waals surface area contributed by atoms with E-state index in [4.69, 9.17) is 0 Å². The average molecular weight is 333 g/mol. The van der Waals surface area contributed by atoms with Gasteiger partial charge in [0.25, 0.3) is 0 Å². The van der Waals surface area contributed by atoms with Gasteiger partial charge in [0.05, 0.1) is 5.56 Å². The Labute approximate surface area is 127 Å². The van der Waals surface area contributed by atoms with Crippen molar-refractivity contribution in [3.8, 4) is 11.1 Å². The van der Waals surface area contributed by atoms with Crippen molar-refractivity contribution >= 4 is 21.9 Å². The molecular weight excluding hydrogens is 316 g/mol. The molecule has 0 amide bonds. The summed E-state index contributed by atoms with van der Waals surface area (Å²) in [6.07, 6.45) is 0. The summed E-state index contributed by atoms with van der Waals surface area (Å²) in [5.74, 6) is -0.918. The van der Waals surface area contributed by atoms with Gasteiger partial charge in [-0.1, -0.05) is 12.1 Å². The van der Waals surface area contributed by atoms with Gasteiger partial charge >= 0.3 is 5.97 Å². The number of benzene rings is 2. The molecule has 0 saturated carbocycles. The van der Waals surface area contributed by atoms with Crippen LogP contribution in [0.25, 0.3) is 11.1 Å². The SMILES string of the molecule is Cc1cc(C)c(C)c(-c2ccc(Br)c(C(=O)O)c2)c1C. The van der Waals surface area contributed by atoms with Crippen LogP contribution < -0.4 is 0 Å². The first kappa shape index (κ1) is 14.8. The van der Waals surface area contributed by atoms with E-state index in [9.17, 15) is 9.90 Å². The second-order valence-corrected chi connectivity index (χ2v) is 5.99. The van der Waals surface area contributed by atoms with Crippen molar-refractivity contribution in [3.05, 3.63) is 56.6 Å². The van der Waals surface area contributed by atoms with E-state index in [-0.39, 0.29) is 0 Å². The summed E-state index contributed by atoms with van der Waals surface area (Å²) in [4.78, 5) is 11.3. The fourth-order valence-corrected chi connectivity index (χ4v) is 2.91. The molecule has 0 aromatic heterocycles. The van der Waals surface area contributed by atoms with E-state index in [0.29, 0.717) is 10.0 Å². The van der Waals surface area contributed by atoms with E-state index in [2.05, 4.69) is 49.7 Å². The van der Waals surface area contributed by atoms with Crippen LogP contribution in [0.4, 0.5) is 0 Å². The number of aryl methyl sites for hydroxylation is 2. The number of carbonyl (C=O) groups is 1. The van der Waals surface area contributed by atoms with Crippen LogP contribution in [0.15, 0.2) is 28.7 Å². The Morgan fingerprint density at radius 2 is 1.55 bits per heavy atom. The van der Waals surface area contributed by atoms with Crippen LogP contribution in [-0.4, -0.2) is 11.1 Å². The molecule has 0 heterocycles. The number of halogens is 1. The molecule has 0 bridgehead atoms. The highest BCUT2D eigenvalue weighted by Gasteiger charge is 2.14. The van der Waals surface area contributed by atoms with Gasteiger partial charge in [0.2, 0.25) is 0 Å². The zero-order valence-corrected chi connectivity index (χ0v) is 13.6. The van der Waals surface area contributed by atoms with Crippen molar-refractivity contribution in [2.45, 2.75) is 27.7 Å². The van der Waals surface area contributed by atoms with Gasteiger partial charge in [0.15, 0.2) is 0 Å². The molecule has 0 unspecified atom stereocenters. The van der Waals surface area contributed by atoms with Crippen LogP contribution in [0.1, 0.15) is 32.6 Å². The van der Waals surface area contributed by atoms with Gasteiger partial charge in [0, 0.05) is 4.47 Å². The van der Waals surface area contributed by atoms with Crippen molar-refractivity contribution in [1.82, 2.24) is 0 Å². The van der Waals surface area contributed by atoms with Crippen LogP contribution in [0.5, 0.6) is 0 Å². The van der Waals surface area contributed by atoms with E-state index >= 15 is 0 Å². The Hall–Kier alpha value is -1.61. The van der Waals surface area contributed by atoms with Crippen LogP contribution in [0, 0.1) is 27.7 Å². The first-order chi connectivity index (χ1) is 9.32. The standard InChI is InChI=1S/C17H17BrO2/c1-9-7-10(2)12(4)16(11(9)3)13-5-6-15(18)14(8-13)17(19)20/h5-8H,1-4H3,(H,19,20). The van der Waals surface area contributed by atoms with Gasteiger partial charge in [-0.3, -0.25) is 0 Å². The fourth-order valence-electron chi connectivity index (χ4n) is 2.49. The Bertz CT molecular complexity index is 676. The minimum Gasteiger partial charge on any atom is -0.478 e. The molecule has 0 atom stereocenters. The summed E-state index contributed by atoms with van der Waals surface area (Å²) in [5, 5.41) is 9.25. The number of aromatic carboxylic acids is 1. The number of hydrogen-bond donors (Lipinski definition) is 1. The summed E-state index contributed by atoms with van der Waals surface area (Å²) >= 11 is 3.29. The van der Waals surface area contributed by atoms with E-state index in [1.54, 1.807) is 12.1 Å². The molecule has 0 fully saturated rings. The quantitative estimate of drug-likeness (QED) is 0.835. The second kappa shape index (κ2) is 5.41. The highest BCUT2D eigenvalue weighted by molar-refractivity contribution is 9.10. The molecule has 2 aromatic carbocycles. The Morgan fingerprint density at radius 3 is 2.05 bits per heavy atom. The first-order valence-electron chi connectivity index (χ1n) is 6.43. The first-order valence-corrected chi connectivity index (χ1v) is 7.23. The zero-order valence-electron chi connectivity index (χ0n) is 12.0. The van der Waals surface area contributed by atoms with Crippen LogP contribution >= 0.6 is 15.9 Å². The molecule has 20 heavy (non-hydrogen) atoms. The monoisotopic (exact) mass is 332 g/mol. The molecule has 104 valence electrons. The van der Waals surface area contributed by atoms with Crippen LogP contribution in [0.3, 0.4) is 0 Å². The van der Waals surface area contributed by atoms with Gasteiger partial charge in [-0.2, -0.15) is 0 Å². The molecule has 0 radical (unpaired) electrons. The number of carboxylic acids is 1. The van der Waals surface area contributed by atoms with Crippen molar-refractivity contribution in [3.63, 3.8) is 0 Å². The van der Waals surface area contributed by atoms with E-state index < -0.39 is 5.97 Å². The van der Waals surface area contributed by atoms with E-state index in [1.807, 2.05) is 6.07 Å². The fraction of sp³-hybridized carbons (Fsp3) is 0.235. The Kier molecular flexibility index (Phi) is 4.00. The maximum Gasteiger partial charge on any atom is 0.336 e. The average Bonchev–Trinajstić information content (AvgIpc) is 2.38. The lowest BCUT2D eigenvalue weighted by atomic mass is 9.89. The molecule has 0 aliphatic rings. The van der Waals surface area contributed by atoms with Crippen molar-refractivity contribution in [2.24, 2.45) is 0 Å². The topological polar surface area (TPSA) is 37.3 Å². The van der Waals surface area contributed by atoms with Gasteiger partial charge in [-0.05, 0) is 89.1 Å². The molecule has 2 nitrogen and oxygen atoms in total.